The zero-order valence-electron chi connectivity index (χ0n) is 9.42. The number of nitrogens with one attached hydrogen (secondary N) is 1. The smallest absolute Gasteiger partial charge is 0.290 e. The van der Waals surface area contributed by atoms with Crippen molar-refractivity contribution < 1.29 is 9.21 Å². The van der Waals surface area contributed by atoms with Gasteiger partial charge in [0, 0.05) is 31.2 Å². The van der Waals surface area contributed by atoms with Crippen LogP contribution in [0.3, 0.4) is 0 Å². The average molecular weight is 287 g/mol. The molecule has 1 amide bonds. The Labute approximate surface area is 103 Å². The van der Waals surface area contributed by atoms with E-state index in [0.717, 1.165) is 25.2 Å². The number of aryl methyl sites for hydroxylation is 1. The third kappa shape index (κ3) is 2.15. The molecule has 1 saturated heterocycles. The van der Waals surface area contributed by atoms with Gasteiger partial charge in [0.25, 0.3) is 5.91 Å². The summed E-state index contributed by atoms with van der Waals surface area (Å²) in [5.41, 5.74) is 0.877. The molecule has 1 aromatic heterocycles. The van der Waals surface area contributed by atoms with Crippen LogP contribution in [0.25, 0.3) is 0 Å². The molecule has 2 heterocycles. The number of halogens is 1. The molecule has 16 heavy (non-hydrogen) atoms. The summed E-state index contributed by atoms with van der Waals surface area (Å²) >= 11 is 3.24. The van der Waals surface area contributed by atoms with Gasteiger partial charge in [-0.25, -0.2) is 0 Å². The third-order valence-corrected chi connectivity index (χ3v) is 3.23. The van der Waals surface area contributed by atoms with Crippen LogP contribution in [0.1, 0.15) is 23.0 Å². The maximum atomic E-state index is 12.2. The third-order valence-electron chi connectivity index (χ3n) is 2.84. The minimum Gasteiger partial charge on any atom is -0.444 e. The maximum absolute atomic E-state index is 12.2. The SMILES string of the molecule is Cc1cc(Br)oc1C(=O)N1CCNC[C@H]1C. The highest BCUT2D eigenvalue weighted by atomic mass is 79.9. The molecule has 0 saturated carbocycles. The fourth-order valence-electron chi connectivity index (χ4n) is 1.93. The van der Waals surface area contributed by atoms with E-state index in [1.54, 1.807) is 0 Å². The molecule has 0 spiro atoms. The second-order valence-corrected chi connectivity index (χ2v) is 4.90. The van der Waals surface area contributed by atoms with Crippen molar-refractivity contribution in [2.75, 3.05) is 19.6 Å². The number of rotatable bonds is 1. The first-order valence-electron chi connectivity index (χ1n) is 5.37. The fraction of sp³-hybridized carbons (Fsp3) is 0.545. The van der Waals surface area contributed by atoms with Crippen molar-refractivity contribution in [1.82, 2.24) is 10.2 Å². The van der Waals surface area contributed by atoms with Gasteiger partial charge in [0.1, 0.15) is 0 Å². The van der Waals surface area contributed by atoms with Crippen molar-refractivity contribution in [2.24, 2.45) is 0 Å². The van der Waals surface area contributed by atoms with Crippen LogP contribution in [-0.2, 0) is 0 Å². The minimum atomic E-state index is -0.0165. The summed E-state index contributed by atoms with van der Waals surface area (Å²) in [5.74, 6) is 0.429. The molecule has 88 valence electrons. The lowest BCUT2D eigenvalue weighted by molar-refractivity contribution is 0.0620. The number of nitrogens with zero attached hydrogens (tertiary/aromatic N) is 1. The van der Waals surface area contributed by atoms with Crippen LogP contribution in [0.4, 0.5) is 0 Å². The number of carbonyl (C=O) groups is 1. The van der Waals surface area contributed by atoms with Crippen molar-refractivity contribution in [3.63, 3.8) is 0 Å². The van der Waals surface area contributed by atoms with Gasteiger partial charge in [-0.1, -0.05) is 0 Å². The zero-order chi connectivity index (χ0) is 11.7. The number of furan rings is 1. The molecule has 1 aliphatic heterocycles. The summed E-state index contributed by atoms with van der Waals surface area (Å²) in [5, 5.41) is 3.26. The van der Waals surface area contributed by atoms with Crippen LogP contribution < -0.4 is 5.32 Å². The second-order valence-electron chi connectivity index (χ2n) is 4.11. The lowest BCUT2D eigenvalue weighted by Crippen LogP contribution is -2.52. The highest BCUT2D eigenvalue weighted by Gasteiger charge is 2.27. The maximum Gasteiger partial charge on any atom is 0.290 e. The molecular formula is C11H15BrN2O2. The van der Waals surface area contributed by atoms with Crippen molar-refractivity contribution in [3.05, 3.63) is 22.1 Å². The van der Waals surface area contributed by atoms with E-state index in [1.165, 1.54) is 0 Å². The van der Waals surface area contributed by atoms with Crippen molar-refractivity contribution in [2.45, 2.75) is 19.9 Å². The number of hydrogen-bond acceptors (Lipinski definition) is 3. The van der Waals surface area contributed by atoms with Gasteiger partial charge in [0.15, 0.2) is 10.4 Å². The van der Waals surface area contributed by atoms with E-state index >= 15 is 0 Å². The number of piperazine rings is 1. The Bertz CT molecular complexity index is 403. The number of amides is 1. The predicted octanol–water partition coefficient (Wildman–Crippen LogP) is 1.78. The zero-order valence-corrected chi connectivity index (χ0v) is 11.0. The van der Waals surface area contributed by atoms with Gasteiger partial charge in [-0.05, 0) is 35.8 Å². The van der Waals surface area contributed by atoms with E-state index in [-0.39, 0.29) is 11.9 Å². The van der Waals surface area contributed by atoms with E-state index in [4.69, 9.17) is 4.42 Å². The highest BCUT2D eigenvalue weighted by molar-refractivity contribution is 9.10. The van der Waals surface area contributed by atoms with Gasteiger partial charge in [0.05, 0.1) is 0 Å². The molecule has 0 unspecified atom stereocenters. The highest BCUT2D eigenvalue weighted by Crippen LogP contribution is 2.22. The van der Waals surface area contributed by atoms with E-state index in [9.17, 15) is 4.79 Å². The van der Waals surface area contributed by atoms with E-state index in [0.29, 0.717) is 10.4 Å². The molecule has 1 aromatic rings. The molecule has 2 rings (SSSR count). The predicted molar refractivity (Wildman–Crippen MR) is 64.5 cm³/mol. The summed E-state index contributed by atoms with van der Waals surface area (Å²) < 4.78 is 5.99. The largest absolute Gasteiger partial charge is 0.444 e. The minimum absolute atomic E-state index is 0.0165. The Hall–Kier alpha value is -0.810. The molecule has 0 aromatic carbocycles. The summed E-state index contributed by atoms with van der Waals surface area (Å²) in [4.78, 5) is 14.1. The molecule has 1 N–H and O–H groups in total. The van der Waals surface area contributed by atoms with Crippen molar-refractivity contribution in [1.29, 1.82) is 0 Å². The van der Waals surface area contributed by atoms with Gasteiger partial charge in [-0.2, -0.15) is 0 Å². The Morgan fingerprint density at radius 2 is 2.44 bits per heavy atom. The molecule has 5 heteroatoms. The topological polar surface area (TPSA) is 45.5 Å². The Morgan fingerprint density at radius 3 is 3.00 bits per heavy atom. The summed E-state index contributed by atoms with van der Waals surface area (Å²) in [6, 6.07) is 2.03. The van der Waals surface area contributed by atoms with Crippen LogP contribution in [0.5, 0.6) is 0 Å². The quantitative estimate of drug-likeness (QED) is 0.856. The molecular weight excluding hydrogens is 272 g/mol. The number of hydrogen-bond donors (Lipinski definition) is 1. The molecule has 1 fully saturated rings. The number of carbonyl (C=O) groups excluding carboxylic acids is 1. The first kappa shape index (κ1) is 11.7. The molecule has 1 atom stereocenters. The van der Waals surface area contributed by atoms with Gasteiger partial charge >= 0.3 is 0 Å². The average Bonchev–Trinajstić information content (AvgIpc) is 2.58. The van der Waals surface area contributed by atoms with E-state index in [1.807, 2.05) is 24.8 Å². The Morgan fingerprint density at radius 1 is 1.69 bits per heavy atom. The Balaban J connectivity index is 2.21. The van der Waals surface area contributed by atoms with Crippen LogP contribution >= 0.6 is 15.9 Å². The first-order valence-corrected chi connectivity index (χ1v) is 6.16. The standard InChI is InChI=1S/C11H15BrN2O2/c1-7-5-9(12)16-10(7)11(15)14-4-3-13-6-8(14)2/h5,8,13H,3-4,6H2,1-2H3/t8-/m1/s1. The monoisotopic (exact) mass is 286 g/mol. The molecule has 0 aliphatic carbocycles. The Kier molecular flexibility index (Phi) is 3.35. The van der Waals surface area contributed by atoms with E-state index in [2.05, 4.69) is 21.2 Å². The van der Waals surface area contributed by atoms with Gasteiger partial charge in [0.2, 0.25) is 0 Å². The van der Waals surface area contributed by atoms with Gasteiger partial charge < -0.3 is 14.6 Å². The van der Waals surface area contributed by atoms with Crippen LogP contribution in [-0.4, -0.2) is 36.5 Å². The van der Waals surface area contributed by atoms with Crippen LogP contribution in [0, 0.1) is 6.92 Å². The molecule has 1 aliphatic rings. The molecule has 0 bridgehead atoms. The van der Waals surface area contributed by atoms with Gasteiger partial charge in [-0.3, -0.25) is 4.79 Å². The summed E-state index contributed by atoms with van der Waals surface area (Å²) in [7, 11) is 0. The lowest BCUT2D eigenvalue weighted by Gasteiger charge is -2.33. The van der Waals surface area contributed by atoms with Gasteiger partial charge in [-0.15, -0.1) is 0 Å². The fourth-order valence-corrected chi connectivity index (χ4v) is 2.43. The molecule has 0 radical (unpaired) electrons. The van der Waals surface area contributed by atoms with Crippen molar-refractivity contribution in [3.8, 4) is 0 Å². The first-order chi connectivity index (χ1) is 7.59. The van der Waals surface area contributed by atoms with E-state index < -0.39 is 0 Å². The molecule has 4 nitrogen and oxygen atoms in total. The van der Waals surface area contributed by atoms with Crippen molar-refractivity contribution >= 4 is 21.8 Å². The van der Waals surface area contributed by atoms with Crippen LogP contribution in [0.15, 0.2) is 15.2 Å². The van der Waals surface area contributed by atoms with Crippen LogP contribution in [0.2, 0.25) is 0 Å². The lowest BCUT2D eigenvalue weighted by atomic mass is 10.2. The second kappa shape index (κ2) is 4.59. The summed E-state index contributed by atoms with van der Waals surface area (Å²) in [6.07, 6.45) is 0. The normalized spacial score (nSPS) is 21.2. The summed E-state index contributed by atoms with van der Waals surface area (Å²) in [6.45, 7) is 6.34.